The molecule has 2 N–H and O–H groups in total. The second-order valence-corrected chi connectivity index (χ2v) is 5.38. The van der Waals surface area contributed by atoms with Gasteiger partial charge in [-0.2, -0.15) is 0 Å². The van der Waals surface area contributed by atoms with E-state index in [1.807, 2.05) is 30.3 Å². The van der Waals surface area contributed by atoms with Crippen molar-refractivity contribution < 1.29 is 14.8 Å². The summed E-state index contributed by atoms with van der Waals surface area (Å²) in [5.74, 6) is 1.86. The van der Waals surface area contributed by atoms with Gasteiger partial charge >= 0.3 is 0 Å². The molecule has 4 heteroatoms. The normalized spacial score (nSPS) is 10.3. The van der Waals surface area contributed by atoms with E-state index in [1.165, 1.54) is 11.1 Å². The zero-order chi connectivity index (χ0) is 14.4. The Labute approximate surface area is 128 Å². The summed E-state index contributed by atoms with van der Waals surface area (Å²) in [5.41, 5.74) is 2.38. The third-order valence-corrected chi connectivity index (χ3v) is 3.66. The van der Waals surface area contributed by atoms with Gasteiger partial charge in [0.25, 0.3) is 0 Å². The lowest BCUT2D eigenvalue weighted by molar-refractivity contribution is -0.686. The van der Waals surface area contributed by atoms with Crippen LogP contribution in [-0.4, -0.2) is 14.2 Å². The van der Waals surface area contributed by atoms with Crippen molar-refractivity contribution in [2.75, 3.05) is 14.2 Å². The van der Waals surface area contributed by atoms with Gasteiger partial charge in [0.2, 0.25) is 0 Å². The van der Waals surface area contributed by atoms with Crippen LogP contribution in [0.4, 0.5) is 0 Å². The molecule has 0 heterocycles. The van der Waals surface area contributed by atoms with Crippen LogP contribution in [0.15, 0.2) is 46.9 Å². The van der Waals surface area contributed by atoms with Gasteiger partial charge in [-0.1, -0.05) is 28.1 Å². The first kappa shape index (κ1) is 14.9. The van der Waals surface area contributed by atoms with Crippen molar-refractivity contribution in [3.63, 3.8) is 0 Å². The highest BCUT2D eigenvalue weighted by Crippen LogP contribution is 2.22. The highest BCUT2D eigenvalue weighted by atomic mass is 79.9. The van der Waals surface area contributed by atoms with Crippen molar-refractivity contribution in [2.45, 2.75) is 13.1 Å². The average molecular weight is 337 g/mol. The first-order valence-electron chi connectivity index (χ1n) is 6.50. The molecule has 0 aliphatic rings. The molecule has 0 aliphatic heterocycles. The lowest BCUT2D eigenvalue weighted by atomic mass is 10.1. The molecule has 2 rings (SSSR count). The molecule has 0 aromatic heterocycles. The summed E-state index contributed by atoms with van der Waals surface area (Å²) < 4.78 is 11.8. The summed E-state index contributed by atoms with van der Waals surface area (Å²) >= 11 is 3.50. The molecule has 106 valence electrons. The fourth-order valence-electron chi connectivity index (χ4n) is 2.16. The van der Waals surface area contributed by atoms with Gasteiger partial charge in [-0.15, -0.1) is 0 Å². The van der Waals surface area contributed by atoms with E-state index in [1.54, 1.807) is 14.2 Å². The predicted octanol–water partition coefficient (Wildman–Crippen LogP) is 2.73. The van der Waals surface area contributed by atoms with Crippen molar-refractivity contribution in [2.24, 2.45) is 0 Å². The van der Waals surface area contributed by atoms with Crippen LogP contribution in [0.2, 0.25) is 0 Å². The van der Waals surface area contributed by atoms with Crippen molar-refractivity contribution in [1.82, 2.24) is 0 Å². The zero-order valence-electron chi connectivity index (χ0n) is 11.7. The van der Waals surface area contributed by atoms with Gasteiger partial charge in [0.1, 0.15) is 24.6 Å². The Balaban J connectivity index is 2.01. The summed E-state index contributed by atoms with van der Waals surface area (Å²) in [6.45, 7) is 1.74. The third kappa shape index (κ3) is 3.74. The Hall–Kier alpha value is -1.52. The fourth-order valence-corrected chi connectivity index (χ4v) is 2.57. The Morgan fingerprint density at radius 3 is 2.30 bits per heavy atom. The molecule has 0 fully saturated rings. The third-order valence-electron chi connectivity index (χ3n) is 3.16. The summed E-state index contributed by atoms with van der Waals surface area (Å²) in [7, 11) is 3.41. The molecule has 2 aromatic rings. The van der Waals surface area contributed by atoms with Gasteiger partial charge in [0, 0.05) is 15.6 Å². The molecule has 3 nitrogen and oxygen atoms in total. The van der Waals surface area contributed by atoms with Gasteiger partial charge in [-0.05, 0) is 30.3 Å². The van der Waals surface area contributed by atoms with Gasteiger partial charge < -0.3 is 14.8 Å². The molecule has 0 atom stereocenters. The van der Waals surface area contributed by atoms with Crippen LogP contribution < -0.4 is 14.8 Å². The number of benzene rings is 2. The number of quaternary nitrogens is 1. The van der Waals surface area contributed by atoms with Crippen LogP contribution in [0.3, 0.4) is 0 Å². The molecule has 0 bridgehead atoms. The number of hydrogen-bond acceptors (Lipinski definition) is 2. The monoisotopic (exact) mass is 336 g/mol. The maximum atomic E-state index is 5.38. The molecule has 0 amide bonds. The number of rotatable bonds is 6. The largest absolute Gasteiger partial charge is 0.496 e. The van der Waals surface area contributed by atoms with E-state index in [0.717, 1.165) is 29.1 Å². The lowest BCUT2D eigenvalue weighted by Crippen LogP contribution is -2.80. The SMILES string of the molecule is COc1ccccc1C[NH2+]Cc1cc(Br)ccc1OC. The fraction of sp³-hybridized carbons (Fsp3) is 0.250. The standard InChI is InChI=1S/C16H18BrNO2/c1-19-15-6-4-3-5-12(15)10-18-11-13-9-14(17)7-8-16(13)20-2/h3-9,18H,10-11H2,1-2H3/p+1. The molecular formula is C16H19BrNO2+. The van der Waals surface area contributed by atoms with E-state index in [4.69, 9.17) is 9.47 Å². The molecule has 0 unspecified atom stereocenters. The van der Waals surface area contributed by atoms with Gasteiger partial charge in [0.15, 0.2) is 0 Å². The van der Waals surface area contributed by atoms with Gasteiger partial charge in [0.05, 0.1) is 14.2 Å². The van der Waals surface area contributed by atoms with Crippen molar-refractivity contribution in [1.29, 1.82) is 0 Å². The van der Waals surface area contributed by atoms with Gasteiger partial charge in [-0.25, -0.2) is 0 Å². The van der Waals surface area contributed by atoms with Crippen LogP contribution in [0.5, 0.6) is 11.5 Å². The molecule has 20 heavy (non-hydrogen) atoms. The van der Waals surface area contributed by atoms with Gasteiger partial charge in [-0.3, -0.25) is 0 Å². The lowest BCUT2D eigenvalue weighted by Gasteiger charge is -2.10. The van der Waals surface area contributed by atoms with Crippen molar-refractivity contribution in [3.8, 4) is 11.5 Å². The molecule has 0 saturated carbocycles. The highest BCUT2D eigenvalue weighted by molar-refractivity contribution is 9.10. The maximum Gasteiger partial charge on any atom is 0.127 e. The molecule has 0 spiro atoms. The van der Waals surface area contributed by atoms with Crippen LogP contribution in [0.25, 0.3) is 0 Å². The number of halogens is 1. The van der Waals surface area contributed by atoms with E-state index in [-0.39, 0.29) is 0 Å². The Kier molecular flexibility index (Phi) is 5.44. The summed E-state index contributed by atoms with van der Waals surface area (Å²) in [4.78, 5) is 0. The number of nitrogens with two attached hydrogens (primary N) is 1. The number of ether oxygens (including phenoxy) is 2. The maximum absolute atomic E-state index is 5.38. The van der Waals surface area contributed by atoms with E-state index in [9.17, 15) is 0 Å². The van der Waals surface area contributed by atoms with Crippen molar-refractivity contribution in [3.05, 3.63) is 58.1 Å². The van der Waals surface area contributed by atoms with E-state index >= 15 is 0 Å². The quantitative estimate of drug-likeness (QED) is 0.880. The van der Waals surface area contributed by atoms with Crippen molar-refractivity contribution >= 4 is 15.9 Å². The first-order chi connectivity index (χ1) is 9.74. The topological polar surface area (TPSA) is 35.1 Å². The summed E-state index contributed by atoms with van der Waals surface area (Å²) in [5, 5.41) is 2.24. The number of hydrogen-bond donors (Lipinski definition) is 1. The average Bonchev–Trinajstić information content (AvgIpc) is 2.48. The summed E-state index contributed by atoms with van der Waals surface area (Å²) in [6.07, 6.45) is 0. The minimum absolute atomic E-state index is 0.862. The van der Waals surface area contributed by atoms with Crippen LogP contribution in [-0.2, 0) is 13.1 Å². The predicted molar refractivity (Wildman–Crippen MR) is 83.0 cm³/mol. The number of methoxy groups -OCH3 is 2. The highest BCUT2D eigenvalue weighted by Gasteiger charge is 2.07. The van der Waals surface area contributed by atoms with E-state index in [0.29, 0.717) is 0 Å². The Morgan fingerprint density at radius 2 is 1.55 bits per heavy atom. The molecule has 2 aromatic carbocycles. The molecule has 0 aliphatic carbocycles. The minimum Gasteiger partial charge on any atom is -0.496 e. The van der Waals surface area contributed by atoms with E-state index in [2.05, 4.69) is 33.4 Å². The summed E-state index contributed by atoms with van der Waals surface area (Å²) in [6, 6.07) is 14.2. The smallest absolute Gasteiger partial charge is 0.127 e. The second kappa shape index (κ2) is 7.31. The first-order valence-corrected chi connectivity index (χ1v) is 7.30. The molecule has 0 radical (unpaired) electrons. The Morgan fingerprint density at radius 1 is 0.900 bits per heavy atom. The van der Waals surface area contributed by atoms with Crippen LogP contribution >= 0.6 is 15.9 Å². The van der Waals surface area contributed by atoms with E-state index < -0.39 is 0 Å². The Bertz CT molecular complexity index is 572. The number of para-hydroxylation sites is 1. The zero-order valence-corrected chi connectivity index (χ0v) is 13.3. The minimum atomic E-state index is 0.862. The molecule has 0 saturated heterocycles. The van der Waals surface area contributed by atoms with Crippen LogP contribution in [0.1, 0.15) is 11.1 Å². The molecular weight excluding hydrogens is 318 g/mol. The van der Waals surface area contributed by atoms with Crippen LogP contribution in [0, 0.1) is 0 Å². The second-order valence-electron chi connectivity index (χ2n) is 4.46.